The fourth-order valence-corrected chi connectivity index (χ4v) is 6.87. The molecule has 0 aliphatic carbocycles. The van der Waals surface area contributed by atoms with E-state index in [1.165, 1.54) is 10.9 Å². The van der Waals surface area contributed by atoms with E-state index in [1.807, 2.05) is 6.92 Å². The molecule has 1 N–H and O–H groups in total. The summed E-state index contributed by atoms with van der Waals surface area (Å²) in [4.78, 5) is 23.2. The van der Waals surface area contributed by atoms with E-state index in [0.717, 1.165) is 54.3 Å². The molecule has 5 aromatic rings. The third-order valence-corrected chi connectivity index (χ3v) is 10.2. The summed E-state index contributed by atoms with van der Waals surface area (Å²) >= 11 is 12.8. The number of halogens is 2. The number of para-hydroxylation sites is 1. The van der Waals surface area contributed by atoms with E-state index in [-0.39, 0.29) is 5.56 Å². The lowest BCUT2D eigenvalue weighted by atomic mass is 10.1. The van der Waals surface area contributed by atoms with Gasteiger partial charge in [0.25, 0.3) is 5.56 Å². The first kappa shape index (κ1) is 29.1. The molecule has 0 amide bonds. The zero-order valence-corrected chi connectivity index (χ0v) is 26.8. The lowest BCUT2D eigenvalue weighted by Crippen LogP contribution is -2.29. The maximum atomic E-state index is 13.7. The topological polar surface area (TPSA) is 91.8 Å². The number of ether oxygens (including phenoxy) is 1. The molecular weight excluding hydrogens is 589 g/mol. The van der Waals surface area contributed by atoms with Gasteiger partial charge in [-0.25, -0.2) is 9.97 Å². The van der Waals surface area contributed by atoms with Crippen molar-refractivity contribution in [1.82, 2.24) is 34.2 Å². The van der Waals surface area contributed by atoms with Gasteiger partial charge in [0.1, 0.15) is 18.7 Å². The second-order valence-electron chi connectivity index (χ2n) is 12.1. The minimum Gasteiger partial charge on any atom is -0.361 e. The summed E-state index contributed by atoms with van der Waals surface area (Å²) in [5.74, 6) is 0. The first-order valence-electron chi connectivity index (χ1n) is 14.3. The van der Waals surface area contributed by atoms with Crippen molar-refractivity contribution in [3.8, 4) is 16.9 Å². The van der Waals surface area contributed by atoms with Crippen LogP contribution in [0.3, 0.4) is 0 Å². The van der Waals surface area contributed by atoms with Gasteiger partial charge in [0, 0.05) is 38.0 Å². The highest BCUT2D eigenvalue weighted by Crippen LogP contribution is 2.34. The van der Waals surface area contributed by atoms with Crippen LogP contribution in [0.25, 0.3) is 38.9 Å². The molecular formula is C30H35Cl2N7O2Si. The average molecular weight is 625 g/mol. The monoisotopic (exact) mass is 623 g/mol. The lowest BCUT2D eigenvalue weighted by Gasteiger charge is -2.22. The number of hydrogen-bond donors (Lipinski definition) is 1. The third-order valence-electron chi connectivity index (χ3n) is 7.92. The van der Waals surface area contributed by atoms with E-state index in [2.05, 4.69) is 46.5 Å². The van der Waals surface area contributed by atoms with Gasteiger partial charge >= 0.3 is 0 Å². The van der Waals surface area contributed by atoms with Crippen LogP contribution in [-0.2, 0) is 11.5 Å². The Kier molecular flexibility index (Phi) is 8.01. The molecule has 0 radical (unpaired) electrons. The van der Waals surface area contributed by atoms with Gasteiger partial charge in [0.05, 0.1) is 44.1 Å². The fraction of sp³-hybridized carbons (Fsp3) is 0.400. The normalized spacial score (nSPS) is 14.8. The van der Waals surface area contributed by atoms with Crippen molar-refractivity contribution >= 4 is 53.2 Å². The Morgan fingerprint density at radius 1 is 1.10 bits per heavy atom. The molecule has 4 aromatic heterocycles. The van der Waals surface area contributed by atoms with E-state index in [1.54, 1.807) is 24.4 Å². The SMILES string of the molecule is Cc1nn(C2CCNCC2)cc1-c1cc2c3ncn(-c4c(Cl)cccc4Cl)c(=O)c3cnc2n1COCC[Si](C)(C)C. The molecule has 42 heavy (non-hydrogen) atoms. The zero-order chi connectivity index (χ0) is 29.6. The molecule has 0 atom stereocenters. The minimum atomic E-state index is -1.25. The molecule has 0 spiro atoms. The van der Waals surface area contributed by atoms with Crippen molar-refractivity contribution in [3.63, 3.8) is 0 Å². The van der Waals surface area contributed by atoms with Gasteiger partial charge in [0.2, 0.25) is 0 Å². The van der Waals surface area contributed by atoms with Crippen LogP contribution < -0.4 is 10.9 Å². The average Bonchev–Trinajstić information content (AvgIpc) is 3.52. The van der Waals surface area contributed by atoms with Crippen molar-refractivity contribution < 1.29 is 4.74 Å². The molecule has 0 bridgehead atoms. The van der Waals surface area contributed by atoms with Crippen LogP contribution >= 0.6 is 23.2 Å². The predicted molar refractivity (Wildman–Crippen MR) is 172 cm³/mol. The maximum Gasteiger partial charge on any atom is 0.267 e. The molecule has 6 rings (SSSR count). The van der Waals surface area contributed by atoms with Crippen molar-refractivity contribution in [2.24, 2.45) is 0 Å². The first-order chi connectivity index (χ1) is 20.1. The Bertz CT molecular complexity index is 1810. The predicted octanol–water partition coefficient (Wildman–Crippen LogP) is 6.45. The van der Waals surface area contributed by atoms with Crippen LogP contribution in [0.2, 0.25) is 35.7 Å². The van der Waals surface area contributed by atoms with E-state index in [0.29, 0.717) is 51.7 Å². The number of aryl methyl sites for hydroxylation is 1. The molecule has 1 aliphatic heterocycles. The number of pyridine rings is 1. The molecule has 220 valence electrons. The van der Waals surface area contributed by atoms with E-state index in [9.17, 15) is 4.79 Å². The Hall–Kier alpha value is -3.02. The third kappa shape index (κ3) is 5.54. The number of nitrogens with zero attached hydrogens (tertiary/aromatic N) is 6. The molecule has 0 saturated carbocycles. The Labute approximate surface area is 255 Å². The molecule has 1 fully saturated rings. The van der Waals surface area contributed by atoms with Crippen LogP contribution in [0.5, 0.6) is 0 Å². The highest BCUT2D eigenvalue weighted by Gasteiger charge is 2.23. The first-order valence-corrected chi connectivity index (χ1v) is 18.8. The smallest absolute Gasteiger partial charge is 0.267 e. The van der Waals surface area contributed by atoms with Crippen LogP contribution in [0.1, 0.15) is 24.6 Å². The van der Waals surface area contributed by atoms with Gasteiger partial charge in [0.15, 0.2) is 0 Å². The summed E-state index contributed by atoms with van der Waals surface area (Å²) in [6.45, 7) is 12.1. The Morgan fingerprint density at radius 2 is 1.83 bits per heavy atom. The summed E-state index contributed by atoms with van der Waals surface area (Å²) in [5, 5.41) is 10.2. The molecule has 5 heterocycles. The van der Waals surface area contributed by atoms with E-state index in [4.69, 9.17) is 43.0 Å². The number of piperidine rings is 1. The molecule has 1 aromatic carbocycles. The summed E-state index contributed by atoms with van der Waals surface area (Å²) in [5.41, 5.74) is 4.28. The molecule has 9 nitrogen and oxygen atoms in total. The van der Waals surface area contributed by atoms with Crippen LogP contribution in [0.15, 0.2) is 47.8 Å². The van der Waals surface area contributed by atoms with Gasteiger partial charge in [-0.15, -0.1) is 0 Å². The highest BCUT2D eigenvalue weighted by atomic mass is 35.5. The number of nitrogens with one attached hydrogen (secondary N) is 1. The van der Waals surface area contributed by atoms with Gasteiger partial charge in [-0.05, 0) is 57.1 Å². The van der Waals surface area contributed by atoms with Crippen LogP contribution in [0, 0.1) is 6.92 Å². The fourth-order valence-electron chi connectivity index (χ4n) is 5.54. The summed E-state index contributed by atoms with van der Waals surface area (Å²) in [6.07, 6.45) is 7.30. The largest absolute Gasteiger partial charge is 0.361 e. The van der Waals surface area contributed by atoms with Crippen molar-refractivity contribution in [2.45, 2.75) is 58.2 Å². The lowest BCUT2D eigenvalue weighted by molar-refractivity contribution is 0.0909. The zero-order valence-electron chi connectivity index (χ0n) is 24.3. The van der Waals surface area contributed by atoms with E-state index < -0.39 is 8.07 Å². The van der Waals surface area contributed by atoms with Gasteiger partial charge in [-0.1, -0.05) is 48.9 Å². The second-order valence-corrected chi connectivity index (χ2v) is 18.6. The standard InChI is InChI=1S/C30H35Cl2N7O2Si/c1-19-23(16-39(36-19)20-8-10-33-11-9-20)26-14-21-27-22(15-34-29(21)38(26)18-41-12-13-42(2,3)4)30(40)37(17-35-27)28-24(31)6-5-7-25(28)32/h5-7,14-17,20,33H,8-13,18H2,1-4H3. The maximum absolute atomic E-state index is 13.7. The van der Waals surface area contributed by atoms with Gasteiger partial charge in [-0.2, -0.15) is 5.10 Å². The summed E-state index contributed by atoms with van der Waals surface area (Å²) in [6, 6.07) is 8.62. The van der Waals surface area contributed by atoms with Crippen molar-refractivity contribution in [2.75, 3.05) is 19.7 Å². The van der Waals surface area contributed by atoms with Crippen LogP contribution in [-0.4, -0.2) is 56.7 Å². The van der Waals surface area contributed by atoms with Gasteiger partial charge in [-0.3, -0.25) is 14.0 Å². The molecule has 1 saturated heterocycles. The van der Waals surface area contributed by atoms with E-state index >= 15 is 0 Å². The molecule has 1 aliphatic rings. The number of fused-ring (bicyclic) bond motifs is 3. The summed E-state index contributed by atoms with van der Waals surface area (Å²) < 4.78 is 11.8. The summed E-state index contributed by atoms with van der Waals surface area (Å²) in [7, 11) is -1.25. The van der Waals surface area contributed by atoms with Crippen molar-refractivity contribution in [3.05, 3.63) is 69.1 Å². The highest BCUT2D eigenvalue weighted by molar-refractivity contribution is 6.76. The Morgan fingerprint density at radius 3 is 2.55 bits per heavy atom. The number of aromatic nitrogens is 6. The number of rotatable bonds is 8. The quantitative estimate of drug-likeness (QED) is 0.158. The molecule has 0 unspecified atom stereocenters. The number of benzene rings is 1. The van der Waals surface area contributed by atoms with Crippen molar-refractivity contribution in [1.29, 1.82) is 0 Å². The van der Waals surface area contributed by atoms with Crippen LogP contribution in [0.4, 0.5) is 0 Å². The Balaban J connectivity index is 1.48. The second kappa shape index (κ2) is 11.6. The minimum absolute atomic E-state index is 0.292. The molecule has 12 heteroatoms. The van der Waals surface area contributed by atoms with Gasteiger partial charge < -0.3 is 14.6 Å². The number of hydrogen-bond acceptors (Lipinski definition) is 6.